The lowest BCUT2D eigenvalue weighted by molar-refractivity contribution is -0.123. The molecule has 98 valence electrons. The number of halogens is 2. The molecule has 1 saturated carbocycles. The summed E-state index contributed by atoms with van der Waals surface area (Å²) in [7, 11) is 0. The van der Waals surface area contributed by atoms with Crippen molar-refractivity contribution in [2.45, 2.75) is 37.8 Å². The molecule has 1 aliphatic rings. The third-order valence-corrected chi connectivity index (χ3v) is 3.70. The lowest BCUT2D eigenvalue weighted by atomic mass is 9.89. The van der Waals surface area contributed by atoms with E-state index < -0.39 is 0 Å². The normalized spacial score (nSPS) is 22.4. The van der Waals surface area contributed by atoms with Gasteiger partial charge in [0.05, 0.1) is 6.10 Å². The summed E-state index contributed by atoms with van der Waals surface area (Å²) in [5.74, 6) is -0.00193. The zero-order valence-electron chi connectivity index (χ0n) is 9.83. The molecule has 0 atom stereocenters. The van der Waals surface area contributed by atoms with Crippen LogP contribution in [0.25, 0.3) is 0 Å². The first kappa shape index (κ1) is 13.7. The van der Waals surface area contributed by atoms with Gasteiger partial charge in [0.15, 0.2) is 0 Å². The number of amides is 1. The second kappa shape index (κ2) is 5.91. The van der Waals surface area contributed by atoms with Gasteiger partial charge in [0.1, 0.15) is 0 Å². The molecule has 0 aliphatic heterocycles. The number of nitrogens with one attached hydrogen (secondary N) is 1. The van der Waals surface area contributed by atoms with Crippen molar-refractivity contribution < 1.29 is 9.90 Å². The SMILES string of the molecule is O=C(CCc1ccc(Cl)cc1Cl)NC1CC(O)C1. The molecule has 0 aromatic heterocycles. The Morgan fingerprint density at radius 3 is 2.72 bits per heavy atom. The zero-order valence-corrected chi connectivity index (χ0v) is 11.3. The summed E-state index contributed by atoms with van der Waals surface area (Å²) in [6.45, 7) is 0. The number of carbonyl (C=O) groups excluding carboxylic acids is 1. The van der Waals surface area contributed by atoms with E-state index >= 15 is 0 Å². The molecule has 0 radical (unpaired) electrons. The number of carbonyl (C=O) groups is 1. The Bertz CT molecular complexity index is 445. The van der Waals surface area contributed by atoms with Crippen molar-refractivity contribution in [2.24, 2.45) is 0 Å². The third-order valence-electron chi connectivity index (χ3n) is 3.11. The van der Waals surface area contributed by atoms with Crippen LogP contribution in [0.15, 0.2) is 18.2 Å². The first-order chi connectivity index (χ1) is 8.54. The van der Waals surface area contributed by atoms with Crippen molar-refractivity contribution in [3.63, 3.8) is 0 Å². The van der Waals surface area contributed by atoms with Gasteiger partial charge in [0, 0.05) is 22.5 Å². The van der Waals surface area contributed by atoms with Crippen LogP contribution in [0.5, 0.6) is 0 Å². The molecule has 1 aromatic carbocycles. The first-order valence-electron chi connectivity index (χ1n) is 5.96. The fourth-order valence-electron chi connectivity index (χ4n) is 1.98. The summed E-state index contributed by atoms with van der Waals surface area (Å²) in [6, 6.07) is 5.42. The van der Waals surface area contributed by atoms with E-state index in [4.69, 9.17) is 28.3 Å². The Morgan fingerprint density at radius 1 is 1.39 bits per heavy atom. The lowest BCUT2D eigenvalue weighted by Gasteiger charge is -2.31. The van der Waals surface area contributed by atoms with E-state index in [0.717, 1.165) is 5.56 Å². The highest BCUT2D eigenvalue weighted by Gasteiger charge is 2.28. The predicted octanol–water partition coefficient (Wildman–Crippen LogP) is 2.57. The second-order valence-electron chi connectivity index (χ2n) is 4.63. The molecular weight excluding hydrogens is 273 g/mol. The average Bonchev–Trinajstić information content (AvgIpc) is 2.26. The van der Waals surface area contributed by atoms with Crippen LogP contribution < -0.4 is 5.32 Å². The summed E-state index contributed by atoms with van der Waals surface area (Å²) in [5.41, 5.74) is 0.921. The van der Waals surface area contributed by atoms with Crippen LogP contribution in [-0.2, 0) is 11.2 Å². The van der Waals surface area contributed by atoms with Crippen molar-refractivity contribution in [1.29, 1.82) is 0 Å². The largest absolute Gasteiger partial charge is 0.393 e. The van der Waals surface area contributed by atoms with E-state index in [1.54, 1.807) is 12.1 Å². The monoisotopic (exact) mass is 287 g/mol. The minimum absolute atomic E-state index is 0.00193. The van der Waals surface area contributed by atoms with Gasteiger partial charge in [-0.1, -0.05) is 29.3 Å². The quantitative estimate of drug-likeness (QED) is 0.894. The van der Waals surface area contributed by atoms with Crippen molar-refractivity contribution in [2.75, 3.05) is 0 Å². The minimum atomic E-state index is -0.249. The van der Waals surface area contributed by atoms with E-state index in [9.17, 15) is 4.79 Å². The van der Waals surface area contributed by atoms with Crippen LogP contribution in [0.2, 0.25) is 10.0 Å². The van der Waals surface area contributed by atoms with Gasteiger partial charge in [-0.15, -0.1) is 0 Å². The molecule has 0 unspecified atom stereocenters. The summed E-state index contributed by atoms with van der Waals surface area (Å²) < 4.78 is 0. The van der Waals surface area contributed by atoms with E-state index in [1.165, 1.54) is 0 Å². The molecule has 0 bridgehead atoms. The van der Waals surface area contributed by atoms with E-state index in [2.05, 4.69) is 5.32 Å². The van der Waals surface area contributed by atoms with Crippen LogP contribution in [0.1, 0.15) is 24.8 Å². The van der Waals surface area contributed by atoms with E-state index in [1.807, 2.05) is 6.07 Å². The molecule has 2 N–H and O–H groups in total. The van der Waals surface area contributed by atoms with Crippen LogP contribution >= 0.6 is 23.2 Å². The molecule has 1 aliphatic carbocycles. The fraction of sp³-hybridized carbons (Fsp3) is 0.462. The number of hydrogen-bond donors (Lipinski definition) is 2. The number of aryl methyl sites for hydroxylation is 1. The van der Waals surface area contributed by atoms with Gasteiger partial charge < -0.3 is 10.4 Å². The number of aliphatic hydroxyl groups excluding tert-OH is 1. The number of rotatable bonds is 4. The van der Waals surface area contributed by atoms with E-state index in [-0.39, 0.29) is 18.1 Å². The molecule has 1 aromatic rings. The molecule has 0 saturated heterocycles. The van der Waals surface area contributed by atoms with Crippen molar-refractivity contribution in [3.8, 4) is 0 Å². The molecule has 5 heteroatoms. The summed E-state index contributed by atoms with van der Waals surface area (Å²) in [4.78, 5) is 11.6. The van der Waals surface area contributed by atoms with Crippen molar-refractivity contribution in [1.82, 2.24) is 5.32 Å². The van der Waals surface area contributed by atoms with Gasteiger partial charge in [-0.2, -0.15) is 0 Å². The Labute approximate surface area is 116 Å². The van der Waals surface area contributed by atoms with Crippen molar-refractivity contribution >= 4 is 29.1 Å². The third kappa shape index (κ3) is 3.61. The summed E-state index contributed by atoms with van der Waals surface area (Å²) in [6.07, 6.45) is 2.06. The Balaban J connectivity index is 1.78. The molecule has 0 heterocycles. The number of benzene rings is 1. The Morgan fingerprint density at radius 2 is 2.11 bits per heavy atom. The number of aliphatic hydroxyl groups is 1. The van der Waals surface area contributed by atoms with Gasteiger partial charge >= 0.3 is 0 Å². The molecule has 0 spiro atoms. The predicted molar refractivity (Wildman–Crippen MR) is 72.0 cm³/mol. The zero-order chi connectivity index (χ0) is 13.1. The van der Waals surface area contributed by atoms with Crippen LogP contribution in [0, 0.1) is 0 Å². The maximum absolute atomic E-state index is 11.6. The van der Waals surface area contributed by atoms with Crippen LogP contribution in [0.3, 0.4) is 0 Å². The van der Waals surface area contributed by atoms with Gasteiger partial charge in [-0.25, -0.2) is 0 Å². The maximum Gasteiger partial charge on any atom is 0.220 e. The van der Waals surface area contributed by atoms with Gasteiger partial charge in [-0.05, 0) is 37.0 Å². The van der Waals surface area contributed by atoms with Gasteiger partial charge in [0.25, 0.3) is 0 Å². The van der Waals surface area contributed by atoms with Gasteiger partial charge in [0.2, 0.25) is 5.91 Å². The molecule has 3 nitrogen and oxygen atoms in total. The van der Waals surface area contributed by atoms with Crippen LogP contribution in [-0.4, -0.2) is 23.2 Å². The first-order valence-corrected chi connectivity index (χ1v) is 6.71. The highest BCUT2D eigenvalue weighted by Crippen LogP contribution is 2.22. The smallest absolute Gasteiger partial charge is 0.220 e. The second-order valence-corrected chi connectivity index (χ2v) is 5.47. The summed E-state index contributed by atoms with van der Waals surface area (Å²) >= 11 is 11.8. The maximum atomic E-state index is 11.6. The van der Waals surface area contributed by atoms with E-state index in [0.29, 0.717) is 35.7 Å². The topological polar surface area (TPSA) is 49.3 Å². The molecule has 2 rings (SSSR count). The average molecular weight is 288 g/mol. The molecule has 18 heavy (non-hydrogen) atoms. The van der Waals surface area contributed by atoms with Gasteiger partial charge in [-0.3, -0.25) is 4.79 Å². The standard InChI is InChI=1S/C13H15Cl2NO2/c14-9-3-1-8(12(15)5-9)2-4-13(18)16-10-6-11(17)7-10/h1,3,5,10-11,17H,2,4,6-7H2,(H,16,18). The Hall–Kier alpha value is -0.770. The summed E-state index contributed by atoms with van der Waals surface area (Å²) in [5, 5.41) is 13.2. The van der Waals surface area contributed by atoms with Crippen LogP contribution in [0.4, 0.5) is 0 Å². The fourth-order valence-corrected chi connectivity index (χ4v) is 2.48. The molecular formula is C13H15Cl2NO2. The lowest BCUT2D eigenvalue weighted by Crippen LogP contribution is -2.46. The Kier molecular flexibility index (Phi) is 4.49. The van der Waals surface area contributed by atoms with Crippen molar-refractivity contribution in [3.05, 3.63) is 33.8 Å². The highest BCUT2D eigenvalue weighted by molar-refractivity contribution is 6.35. The number of hydrogen-bond acceptors (Lipinski definition) is 2. The highest BCUT2D eigenvalue weighted by atomic mass is 35.5. The molecule has 1 fully saturated rings. The molecule has 1 amide bonds. The minimum Gasteiger partial charge on any atom is -0.393 e.